The second kappa shape index (κ2) is 6.47. The molecule has 0 radical (unpaired) electrons. The maximum atomic E-state index is 12.1. The molecular formula is C15H21NO5. The molecule has 1 aromatic rings. The van der Waals surface area contributed by atoms with Crippen molar-refractivity contribution >= 4 is 11.9 Å². The number of carboxylic acid groups (broad SMARTS) is 1. The molecule has 0 aliphatic rings. The molecule has 1 rings (SSSR count). The zero-order chi connectivity index (χ0) is 16.2. The lowest BCUT2D eigenvalue weighted by molar-refractivity contribution is -0.143. The van der Waals surface area contributed by atoms with Gasteiger partial charge in [-0.1, -0.05) is 26.8 Å². The standard InChI is InChI=1S/C15H21NO5/c1-4-15(2,3)14(21)16-10(13(19)20)7-9-5-6-11(17)12(18)8-9/h5-6,8,10,17-18H,4,7H2,1-3H3,(H,16,21)(H,19,20)/t10-/m0/s1. The van der Waals surface area contributed by atoms with E-state index in [1.165, 1.54) is 18.2 Å². The Morgan fingerprint density at radius 3 is 2.33 bits per heavy atom. The van der Waals surface area contributed by atoms with Crippen LogP contribution in [0.2, 0.25) is 0 Å². The summed E-state index contributed by atoms with van der Waals surface area (Å²) in [5.41, 5.74) is -0.141. The Morgan fingerprint density at radius 2 is 1.86 bits per heavy atom. The van der Waals surface area contributed by atoms with E-state index in [4.69, 9.17) is 0 Å². The fraction of sp³-hybridized carbons (Fsp3) is 0.467. The summed E-state index contributed by atoms with van der Waals surface area (Å²) >= 11 is 0. The molecule has 116 valence electrons. The maximum absolute atomic E-state index is 12.1. The summed E-state index contributed by atoms with van der Waals surface area (Å²) in [5, 5.41) is 30.4. The number of amides is 1. The Hall–Kier alpha value is -2.24. The van der Waals surface area contributed by atoms with Gasteiger partial charge in [0, 0.05) is 11.8 Å². The van der Waals surface area contributed by atoms with Crippen LogP contribution >= 0.6 is 0 Å². The average Bonchev–Trinajstić information content (AvgIpc) is 2.41. The number of carboxylic acids is 1. The van der Waals surface area contributed by atoms with Gasteiger partial charge in [0.15, 0.2) is 11.5 Å². The van der Waals surface area contributed by atoms with Crippen molar-refractivity contribution in [1.82, 2.24) is 5.32 Å². The summed E-state index contributed by atoms with van der Waals surface area (Å²) in [4.78, 5) is 23.3. The maximum Gasteiger partial charge on any atom is 0.326 e. The largest absolute Gasteiger partial charge is 0.504 e. The summed E-state index contributed by atoms with van der Waals surface area (Å²) in [6.07, 6.45) is 0.611. The van der Waals surface area contributed by atoms with Crippen molar-refractivity contribution in [1.29, 1.82) is 0 Å². The summed E-state index contributed by atoms with van der Waals surface area (Å²) in [7, 11) is 0. The van der Waals surface area contributed by atoms with E-state index in [1.54, 1.807) is 13.8 Å². The lowest BCUT2D eigenvalue weighted by Crippen LogP contribution is -2.47. The molecule has 6 nitrogen and oxygen atoms in total. The molecule has 0 saturated carbocycles. The third-order valence-corrected chi connectivity index (χ3v) is 3.58. The molecule has 0 spiro atoms. The zero-order valence-corrected chi connectivity index (χ0v) is 12.4. The lowest BCUT2D eigenvalue weighted by atomic mass is 9.88. The Kier molecular flexibility index (Phi) is 5.18. The normalized spacial score (nSPS) is 12.7. The van der Waals surface area contributed by atoms with Gasteiger partial charge in [-0.15, -0.1) is 0 Å². The summed E-state index contributed by atoms with van der Waals surface area (Å²) in [6, 6.07) is 2.97. The second-order valence-electron chi connectivity index (χ2n) is 5.63. The van der Waals surface area contributed by atoms with Crippen molar-refractivity contribution in [3.63, 3.8) is 0 Å². The Morgan fingerprint density at radius 1 is 1.24 bits per heavy atom. The highest BCUT2D eigenvalue weighted by Crippen LogP contribution is 2.25. The molecule has 0 aromatic heterocycles. The topological polar surface area (TPSA) is 107 Å². The first-order chi connectivity index (χ1) is 9.67. The summed E-state index contributed by atoms with van der Waals surface area (Å²) in [6.45, 7) is 5.34. The smallest absolute Gasteiger partial charge is 0.326 e. The van der Waals surface area contributed by atoms with Crippen molar-refractivity contribution in [2.45, 2.75) is 39.7 Å². The number of carbonyl (C=O) groups is 2. The predicted molar refractivity (Wildman–Crippen MR) is 77.1 cm³/mol. The van der Waals surface area contributed by atoms with Crippen LogP contribution in [0.25, 0.3) is 0 Å². The van der Waals surface area contributed by atoms with Crippen LogP contribution in [0.1, 0.15) is 32.8 Å². The molecular weight excluding hydrogens is 274 g/mol. The van der Waals surface area contributed by atoms with Crippen LogP contribution in [0, 0.1) is 5.41 Å². The number of nitrogens with one attached hydrogen (secondary N) is 1. The zero-order valence-electron chi connectivity index (χ0n) is 12.4. The molecule has 6 heteroatoms. The van der Waals surface area contributed by atoms with Crippen molar-refractivity contribution in [2.75, 3.05) is 0 Å². The fourth-order valence-electron chi connectivity index (χ4n) is 1.65. The van der Waals surface area contributed by atoms with Gasteiger partial charge < -0.3 is 20.6 Å². The summed E-state index contributed by atoms with van der Waals surface area (Å²) in [5.74, 6) is -2.08. The van der Waals surface area contributed by atoms with Crippen molar-refractivity contribution in [2.24, 2.45) is 5.41 Å². The van der Waals surface area contributed by atoms with Gasteiger partial charge in [-0.05, 0) is 24.1 Å². The van der Waals surface area contributed by atoms with Gasteiger partial charge in [0.2, 0.25) is 5.91 Å². The minimum absolute atomic E-state index is 0.0225. The number of rotatable bonds is 6. The number of aromatic hydroxyl groups is 2. The van der Waals surface area contributed by atoms with E-state index in [-0.39, 0.29) is 23.8 Å². The molecule has 21 heavy (non-hydrogen) atoms. The highest BCUT2D eigenvalue weighted by molar-refractivity contribution is 5.87. The molecule has 0 aliphatic carbocycles. The van der Waals surface area contributed by atoms with Crippen LogP contribution in [-0.4, -0.2) is 33.2 Å². The van der Waals surface area contributed by atoms with Crippen molar-refractivity contribution in [3.8, 4) is 11.5 Å². The van der Waals surface area contributed by atoms with Crippen LogP contribution in [-0.2, 0) is 16.0 Å². The number of phenols is 2. The SMILES string of the molecule is CCC(C)(C)C(=O)N[C@@H](Cc1ccc(O)c(O)c1)C(=O)O. The van der Waals surface area contributed by atoms with E-state index >= 15 is 0 Å². The van der Waals surface area contributed by atoms with E-state index in [2.05, 4.69) is 5.32 Å². The molecule has 0 saturated heterocycles. The Bertz CT molecular complexity index is 539. The number of phenolic OH excluding ortho intramolecular Hbond substituents is 2. The van der Waals surface area contributed by atoms with Gasteiger partial charge in [0.25, 0.3) is 0 Å². The third-order valence-electron chi connectivity index (χ3n) is 3.58. The van der Waals surface area contributed by atoms with E-state index < -0.39 is 17.4 Å². The number of hydrogen-bond donors (Lipinski definition) is 4. The molecule has 1 atom stereocenters. The first-order valence-electron chi connectivity index (χ1n) is 6.72. The number of aliphatic carboxylic acids is 1. The molecule has 0 heterocycles. The number of hydrogen-bond acceptors (Lipinski definition) is 4. The fourth-order valence-corrected chi connectivity index (χ4v) is 1.65. The molecule has 0 unspecified atom stereocenters. The number of carbonyl (C=O) groups excluding carboxylic acids is 1. The van der Waals surface area contributed by atoms with E-state index in [1.807, 2.05) is 6.92 Å². The van der Waals surface area contributed by atoms with Gasteiger partial charge in [-0.3, -0.25) is 4.79 Å². The first kappa shape index (κ1) is 16.8. The highest BCUT2D eigenvalue weighted by Gasteiger charge is 2.29. The number of benzene rings is 1. The van der Waals surface area contributed by atoms with Crippen LogP contribution in [0.3, 0.4) is 0 Å². The second-order valence-corrected chi connectivity index (χ2v) is 5.63. The summed E-state index contributed by atoms with van der Waals surface area (Å²) < 4.78 is 0. The predicted octanol–water partition coefficient (Wildman–Crippen LogP) is 1.65. The van der Waals surface area contributed by atoms with Gasteiger partial charge in [-0.2, -0.15) is 0 Å². The molecule has 0 fully saturated rings. The first-order valence-corrected chi connectivity index (χ1v) is 6.72. The van der Waals surface area contributed by atoms with Gasteiger partial charge >= 0.3 is 5.97 Å². The van der Waals surface area contributed by atoms with Crippen LogP contribution < -0.4 is 5.32 Å². The Balaban J connectivity index is 2.86. The van der Waals surface area contributed by atoms with Crippen LogP contribution in [0.4, 0.5) is 0 Å². The van der Waals surface area contributed by atoms with Crippen molar-refractivity contribution < 1.29 is 24.9 Å². The van der Waals surface area contributed by atoms with Crippen LogP contribution in [0.5, 0.6) is 11.5 Å². The molecule has 1 aromatic carbocycles. The average molecular weight is 295 g/mol. The third kappa shape index (κ3) is 4.37. The van der Waals surface area contributed by atoms with Crippen LogP contribution in [0.15, 0.2) is 18.2 Å². The van der Waals surface area contributed by atoms with E-state index in [0.29, 0.717) is 12.0 Å². The van der Waals surface area contributed by atoms with Gasteiger partial charge in [0.05, 0.1) is 0 Å². The molecule has 4 N–H and O–H groups in total. The Labute approximate surface area is 123 Å². The van der Waals surface area contributed by atoms with E-state index in [9.17, 15) is 24.9 Å². The quantitative estimate of drug-likeness (QED) is 0.597. The van der Waals surface area contributed by atoms with Gasteiger partial charge in [0.1, 0.15) is 6.04 Å². The monoisotopic (exact) mass is 295 g/mol. The minimum atomic E-state index is -1.15. The molecule has 0 bridgehead atoms. The van der Waals surface area contributed by atoms with Gasteiger partial charge in [-0.25, -0.2) is 4.79 Å². The molecule has 0 aliphatic heterocycles. The highest BCUT2D eigenvalue weighted by atomic mass is 16.4. The minimum Gasteiger partial charge on any atom is -0.504 e. The molecule has 1 amide bonds. The van der Waals surface area contributed by atoms with E-state index in [0.717, 1.165) is 0 Å². The lowest BCUT2D eigenvalue weighted by Gasteiger charge is -2.24. The van der Waals surface area contributed by atoms with Crippen molar-refractivity contribution in [3.05, 3.63) is 23.8 Å².